The third kappa shape index (κ3) is 5.24. The summed E-state index contributed by atoms with van der Waals surface area (Å²) in [4.78, 5) is 12.7. The molecule has 0 spiro atoms. The molecule has 176 valence electrons. The fourth-order valence-electron chi connectivity index (χ4n) is 3.55. The number of phenols is 5. The van der Waals surface area contributed by atoms with E-state index in [0.717, 1.165) is 6.07 Å². The van der Waals surface area contributed by atoms with Crippen LogP contribution in [0.25, 0.3) is 0 Å². The number of aryl methyl sites for hydroxylation is 1. The van der Waals surface area contributed by atoms with Crippen molar-refractivity contribution in [2.24, 2.45) is 5.92 Å². The second kappa shape index (κ2) is 10.1. The Bertz CT molecular complexity index is 970. The van der Waals surface area contributed by atoms with E-state index in [2.05, 4.69) is 0 Å². The molecule has 0 bridgehead atoms. The molecule has 4 atom stereocenters. The van der Waals surface area contributed by atoms with Gasteiger partial charge < -0.3 is 40.9 Å². The molecule has 0 aliphatic heterocycles. The molecule has 0 heterocycles. The van der Waals surface area contributed by atoms with Gasteiger partial charge in [0.2, 0.25) is 0 Å². The number of carbonyl (C=O) groups excluding carboxylic acids is 1. The second-order valence-corrected chi connectivity index (χ2v) is 8.30. The van der Waals surface area contributed by atoms with Gasteiger partial charge in [-0.25, -0.2) is 0 Å². The van der Waals surface area contributed by atoms with Gasteiger partial charge in [-0.2, -0.15) is 0 Å². The highest BCUT2D eigenvalue weighted by molar-refractivity contribution is 6.02. The van der Waals surface area contributed by atoms with Crippen molar-refractivity contribution in [3.8, 4) is 28.7 Å². The van der Waals surface area contributed by atoms with Crippen molar-refractivity contribution in [2.75, 3.05) is 0 Å². The highest BCUT2D eigenvalue weighted by Gasteiger charge is 2.35. The molecular formula is C23H30O9. The highest BCUT2D eigenvalue weighted by atomic mass is 16.4. The zero-order chi connectivity index (χ0) is 24.3. The zero-order valence-corrected chi connectivity index (χ0v) is 18.1. The van der Waals surface area contributed by atoms with Crippen LogP contribution in [-0.4, -0.2) is 64.9 Å². The van der Waals surface area contributed by atoms with Crippen molar-refractivity contribution in [1.29, 1.82) is 0 Å². The molecule has 32 heavy (non-hydrogen) atoms. The van der Waals surface area contributed by atoms with Crippen molar-refractivity contribution < 1.29 is 45.6 Å². The Balaban J connectivity index is 2.32. The number of aromatic hydroxyl groups is 5. The Hall–Kier alpha value is -3.01. The minimum absolute atomic E-state index is 0.124. The molecule has 2 aromatic rings. The maximum absolute atomic E-state index is 12.7. The maximum Gasteiger partial charge on any atom is 0.170 e. The summed E-state index contributed by atoms with van der Waals surface area (Å²) in [5.74, 6) is -4.78. The molecule has 0 aliphatic rings. The van der Waals surface area contributed by atoms with E-state index in [1.807, 2.05) is 0 Å². The summed E-state index contributed by atoms with van der Waals surface area (Å²) in [5, 5.41) is 80.8. The van der Waals surface area contributed by atoms with Crippen LogP contribution in [0.2, 0.25) is 0 Å². The van der Waals surface area contributed by atoms with Gasteiger partial charge in [0.1, 0.15) is 28.9 Å². The maximum atomic E-state index is 12.7. The first kappa shape index (κ1) is 25.3. The lowest BCUT2D eigenvalue weighted by molar-refractivity contribution is -0.0824. The number of benzene rings is 2. The number of hydrogen-bond donors (Lipinski definition) is 8. The van der Waals surface area contributed by atoms with Crippen LogP contribution < -0.4 is 0 Å². The van der Waals surface area contributed by atoms with Gasteiger partial charge in [0, 0.05) is 24.0 Å². The van der Waals surface area contributed by atoms with E-state index in [1.165, 1.54) is 25.1 Å². The molecule has 2 rings (SSSR count). The minimum Gasteiger partial charge on any atom is -0.507 e. The van der Waals surface area contributed by atoms with Gasteiger partial charge >= 0.3 is 0 Å². The summed E-state index contributed by atoms with van der Waals surface area (Å²) < 4.78 is 0. The van der Waals surface area contributed by atoms with E-state index in [4.69, 9.17) is 0 Å². The quantitative estimate of drug-likeness (QED) is 0.209. The van der Waals surface area contributed by atoms with E-state index in [1.54, 1.807) is 13.8 Å². The van der Waals surface area contributed by atoms with E-state index >= 15 is 0 Å². The van der Waals surface area contributed by atoms with Crippen LogP contribution in [-0.2, 0) is 6.42 Å². The molecule has 1 unspecified atom stereocenters. The molecule has 8 N–H and O–H groups in total. The molecule has 0 fully saturated rings. The molecule has 2 aromatic carbocycles. The third-order valence-electron chi connectivity index (χ3n) is 5.61. The summed E-state index contributed by atoms with van der Waals surface area (Å²) in [6.07, 6.45) is -4.49. The molecule has 0 aliphatic carbocycles. The topological polar surface area (TPSA) is 179 Å². The summed E-state index contributed by atoms with van der Waals surface area (Å²) >= 11 is 0. The number of aliphatic hydroxyl groups excluding tert-OH is 3. The summed E-state index contributed by atoms with van der Waals surface area (Å²) in [6, 6.07) is 4.92. The Morgan fingerprint density at radius 2 is 1.41 bits per heavy atom. The summed E-state index contributed by atoms with van der Waals surface area (Å²) in [5.41, 5.74) is -0.184. The predicted octanol–water partition coefficient (Wildman–Crippen LogP) is 1.87. The number of hydrogen-bond acceptors (Lipinski definition) is 9. The lowest BCUT2D eigenvalue weighted by Crippen LogP contribution is -2.42. The van der Waals surface area contributed by atoms with Crippen LogP contribution in [0.4, 0.5) is 0 Å². The number of ketones is 1. The van der Waals surface area contributed by atoms with Crippen LogP contribution in [0.15, 0.2) is 24.3 Å². The van der Waals surface area contributed by atoms with Gasteiger partial charge in [0.25, 0.3) is 0 Å². The predicted molar refractivity (Wildman–Crippen MR) is 115 cm³/mol. The second-order valence-electron chi connectivity index (χ2n) is 8.30. The van der Waals surface area contributed by atoms with Crippen molar-refractivity contribution in [3.05, 3.63) is 41.0 Å². The van der Waals surface area contributed by atoms with Crippen LogP contribution in [0, 0.1) is 5.92 Å². The summed E-state index contributed by atoms with van der Waals surface area (Å²) in [6.45, 7) is 4.68. The van der Waals surface area contributed by atoms with E-state index in [9.17, 15) is 45.6 Å². The number of phenolic OH excluding ortho intramolecular Hbond substituents is 5. The highest BCUT2D eigenvalue weighted by Crippen LogP contribution is 2.44. The Labute approximate surface area is 185 Å². The van der Waals surface area contributed by atoms with E-state index in [0.29, 0.717) is 5.56 Å². The normalized spacial score (nSPS) is 15.3. The van der Waals surface area contributed by atoms with Crippen LogP contribution in [0.1, 0.15) is 54.6 Å². The van der Waals surface area contributed by atoms with E-state index in [-0.39, 0.29) is 35.8 Å². The van der Waals surface area contributed by atoms with Crippen molar-refractivity contribution >= 4 is 5.78 Å². The number of rotatable bonds is 9. The number of carbonyl (C=O) groups is 1. The SMILES string of the molecule is CC(C)[C@@H](O)[C@H](O)C(O)[C@@H](C)c1c(O)cc(O)c(C(=O)CCc2ccc(O)c(O)c2)c1O. The average molecular weight is 450 g/mol. The minimum atomic E-state index is -1.59. The van der Waals surface area contributed by atoms with Crippen LogP contribution in [0.5, 0.6) is 28.7 Å². The largest absolute Gasteiger partial charge is 0.507 e. The van der Waals surface area contributed by atoms with Crippen molar-refractivity contribution in [2.45, 2.75) is 57.8 Å². The van der Waals surface area contributed by atoms with Crippen LogP contribution >= 0.6 is 0 Å². The summed E-state index contributed by atoms with van der Waals surface area (Å²) in [7, 11) is 0. The van der Waals surface area contributed by atoms with Crippen LogP contribution in [0.3, 0.4) is 0 Å². The lowest BCUT2D eigenvalue weighted by Gasteiger charge is -2.30. The monoisotopic (exact) mass is 450 g/mol. The molecular weight excluding hydrogens is 420 g/mol. The molecule has 9 nitrogen and oxygen atoms in total. The molecule has 9 heteroatoms. The Kier molecular flexibility index (Phi) is 7.95. The molecule has 0 amide bonds. The smallest absolute Gasteiger partial charge is 0.170 e. The molecule has 0 saturated heterocycles. The molecule has 0 saturated carbocycles. The van der Waals surface area contributed by atoms with Gasteiger partial charge in [-0.05, 0) is 30.0 Å². The fraction of sp³-hybridized carbons (Fsp3) is 0.435. The van der Waals surface area contributed by atoms with E-state index < -0.39 is 52.8 Å². The molecule has 0 aromatic heterocycles. The number of aliphatic hydroxyl groups is 3. The van der Waals surface area contributed by atoms with Gasteiger partial charge in [0.05, 0.1) is 12.2 Å². The lowest BCUT2D eigenvalue weighted by atomic mass is 9.85. The first-order chi connectivity index (χ1) is 14.9. The van der Waals surface area contributed by atoms with Crippen molar-refractivity contribution in [1.82, 2.24) is 0 Å². The Morgan fingerprint density at radius 1 is 0.781 bits per heavy atom. The van der Waals surface area contributed by atoms with Gasteiger partial charge in [-0.15, -0.1) is 0 Å². The average Bonchev–Trinajstić information content (AvgIpc) is 2.72. The number of Topliss-reactive ketones (excluding diaryl/α,β-unsaturated/α-hetero) is 1. The first-order valence-corrected chi connectivity index (χ1v) is 10.2. The zero-order valence-electron chi connectivity index (χ0n) is 18.1. The standard InChI is InChI=1S/C23H30O9/c1-10(2)20(29)23(32)21(30)11(3)18-16(27)9-17(28)19(22(18)31)14(25)7-5-12-4-6-13(24)15(26)8-12/h4,6,8-11,20-21,23-24,26-32H,5,7H2,1-3H3/t11-,20+,21?,23-/m0/s1. The van der Waals surface area contributed by atoms with Crippen molar-refractivity contribution in [3.63, 3.8) is 0 Å². The first-order valence-electron chi connectivity index (χ1n) is 10.2. The van der Waals surface area contributed by atoms with Gasteiger partial charge in [-0.3, -0.25) is 4.79 Å². The molecule has 0 radical (unpaired) electrons. The van der Waals surface area contributed by atoms with Gasteiger partial charge in [-0.1, -0.05) is 26.8 Å². The Morgan fingerprint density at radius 3 is 1.97 bits per heavy atom. The van der Waals surface area contributed by atoms with Gasteiger partial charge in [0.15, 0.2) is 17.3 Å². The third-order valence-corrected chi connectivity index (χ3v) is 5.61. The fourth-order valence-corrected chi connectivity index (χ4v) is 3.55.